The van der Waals surface area contributed by atoms with E-state index in [-0.39, 0.29) is 17.0 Å². The molecule has 1 heterocycles. The molecule has 1 aliphatic rings. The average Bonchev–Trinajstić information content (AvgIpc) is 2.98. The van der Waals surface area contributed by atoms with E-state index in [9.17, 15) is 14.0 Å². The van der Waals surface area contributed by atoms with E-state index in [1.807, 2.05) is 6.07 Å². The molecule has 0 bridgehead atoms. The lowest BCUT2D eigenvalue weighted by molar-refractivity contribution is -0.120. The zero-order valence-electron chi connectivity index (χ0n) is 15.6. The van der Waals surface area contributed by atoms with Gasteiger partial charge in [0, 0.05) is 5.69 Å². The lowest BCUT2D eigenvalue weighted by Crippen LogP contribution is -2.32. The molecule has 5 nitrogen and oxygen atoms in total. The molecule has 0 aliphatic carbocycles. The van der Waals surface area contributed by atoms with Crippen LogP contribution in [0, 0.1) is 5.82 Å². The molecule has 3 aromatic rings. The van der Waals surface area contributed by atoms with Crippen LogP contribution in [-0.4, -0.2) is 18.9 Å². The molecule has 0 unspecified atom stereocenters. The van der Waals surface area contributed by atoms with Gasteiger partial charge < -0.3 is 10.1 Å². The number of benzene rings is 3. The van der Waals surface area contributed by atoms with E-state index in [1.165, 1.54) is 18.2 Å². The molecule has 0 aromatic heterocycles. The second kappa shape index (κ2) is 7.59. The van der Waals surface area contributed by atoms with Gasteiger partial charge in [-0.1, -0.05) is 36.4 Å². The minimum atomic E-state index is -0.546. The van der Waals surface area contributed by atoms with E-state index >= 15 is 0 Å². The highest BCUT2D eigenvalue weighted by Gasteiger charge is 2.40. The first-order valence-electron chi connectivity index (χ1n) is 8.93. The van der Waals surface area contributed by atoms with Crippen molar-refractivity contribution in [3.05, 3.63) is 95.9 Å². The van der Waals surface area contributed by atoms with Gasteiger partial charge in [-0.05, 0) is 48.0 Å². The molecule has 1 N–H and O–H groups in total. The van der Waals surface area contributed by atoms with Crippen LogP contribution in [0.15, 0.2) is 84.6 Å². The van der Waals surface area contributed by atoms with E-state index in [4.69, 9.17) is 4.74 Å². The first-order valence-corrected chi connectivity index (χ1v) is 8.93. The summed E-state index contributed by atoms with van der Waals surface area (Å²) < 4.78 is 18.9. The van der Waals surface area contributed by atoms with Crippen LogP contribution in [0.4, 0.5) is 15.8 Å². The molecule has 144 valence electrons. The Balaban J connectivity index is 1.79. The number of carbonyl (C=O) groups excluding carboxylic acids is 2. The van der Waals surface area contributed by atoms with Crippen molar-refractivity contribution in [3.63, 3.8) is 0 Å². The number of nitrogens with one attached hydrogen (secondary N) is 1. The number of hydrogen-bond donors (Lipinski definition) is 1. The normalized spacial score (nSPS) is 13.8. The first-order chi connectivity index (χ1) is 14.1. The third-order valence-corrected chi connectivity index (χ3v) is 4.57. The number of carbonyl (C=O) groups is 2. The lowest BCUT2D eigenvalue weighted by atomic mass is 10.0. The Hall–Kier alpha value is -3.93. The van der Waals surface area contributed by atoms with Gasteiger partial charge >= 0.3 is 0 Å². The highest BCUT2D eigenvalue weighted by atomic mass is 19.1. The van der Waals surface area contributed by atoms with Gasteiger partial charge in [-0.15, -0.1) is 0 Å². The summed E-state index contributed by atoms with van der Waals surface area (Å²) in [5.41, 5.74) is 1.77. The van der Waals surface area contributed by atoms with E-state index in [0.29, 0.717) is 17.0 Å². The topological polar surface area (TPSA) is 58.6 Å². The van der Waals surface area contributed by atoms with E-state index in [2.05, 4.69) is 5.32 Å². The smallest absolute Gasteiger partial charge is 0.282 e. The molecular formula is C23H17FN2O3. The van der Waals surface area contributed by atoms with Crippen LogP contribution in [0.1, 0.15) is 5.56 Å². The molecule has 0 saturated heterocycles. The number of rotatable bonds is 5. The van der Waals surface area contributed by atoms with Crippen LogP contribution in [0.3, 0.4) is 0 Å². The Morgan fingerprint density at radius 3 is 2.24 bits per heavy atom. The summed E-state index contributed by atoms with van der Waals surface area (Å²) in [6.45, 7) is 0. The molecule has 6 heteroatoms. The monoisotopic (exact) mass is 388 g/mol. The molecule has 0 saturated carbocycles. The second-order valence-corrected chi connectivity index (χ2v) is 6.40. The summed E-state index contributed by atoms with van der Waals surface area (Å²) >= 11 is 0. The van der Waals surface area contributed by atoms with Crippen LogP contribution in [0.5, 0.6) is 5.75 Å². The Labute approximate surface area is 167 Å². The predicted molar refractivity (Wildman–Crippen MR) is 109 cm³/mol. The number of amides is 2. The largest absolute Gasteiger partial charge is 0.497 e. The molecular weight excluding hydrogens is 371 g/mol. The molecule has 0 atom stereocenters. The Kier molecular flexibility index (Phi) is 4.83. The molecule has 2 amide bonds. The van der Waals surface area contributed by atoms with Gasteiger partial charge in [-0.2, -0.15) is 0 Å². The third-order valence-electron chi connectivity index (χ3n) is 4.57. The summed E-state index contributed by atoms with van der Waals surface area (Å²) in [5.74, 6) is -0.915. The van der Waals surface area contributed by atoms with Gasteiger partial charge in [0.2, 0.25) is 0 Å². The van der Waals surface area contributed by atoms with Gasteiger partial charge in [0.15, 0.2) is 0 Å². The van der Waals surface area contributed by atoms with Gasteiger partial charge in [-0.25, -0.2) is 9.29 Å². The van der Waals surface area contributed by atoms with Crippen molar-refractivity contribution in [3.8, 4) is 5.75 Å². The first kappa shape index (κ1) is 18.4. The minimum absolute atomic E-state index is 0.135. The van der Waals surface area contributed by atoms with Crippen LogP contribution in [-0.2, 0) is 9.59 Å². The van der Waals surface area contributed by atoms with Crippen molar-refractivity contribution < 1.29 is 18.7 Å². The van der Waals surface area contributed by atoms with Crippen LogP contribution >= 0.6 is 0 Å². The standard InChI is InChI=1S/C23H17FN2O3/c1-29-19-12-10-17(11-13-19)25-21-20(15-6-3-2-4-7-15)22(27)26(23(21)28)18-9-5-8-16(24)14-18/h2-14,25H,1H3. The number of halogens is 1. The van der Waals surface area contributed by atoms with Crippen molar-refractivity contribution in [2.24, 2.45) is 0 Å². The van der Waals surface area contributed by atoms with Crippen molar-refractivity contribution in [2.45, 2.75) is 0 Å². The summed E-state index contributed by atoms with van der Waals surface area (Å²) in [4.78, 5) is 27.4. The zero-order chi connectivity index (χ0) is 20.4. The van der Waals surface area contributed by atoms with Crippen molar-refractivity contribution in [1.29, 1.82) is 0 Å². The number of methoxy groups -OCH3 is 1. The third kappa shape index (κ3) is 3.48. The second-order valence-electron chi connectivity index (χ2n) is 6.40. The Morgan fingerprint density at radius 2 is 1.59 bits per heavy atom. The molecule has 0 spiro atoms. The summed E-state index contributed by atoms with van der Waals surface area (Å²) in [6.07, 6.45) is 0. The maximum Gasteiger partial charge on any atom is 0.282 e. The highest BCUT2D eigenvalue weighted by Crippen LogP contribution is 2.34. The molecule has 1 aliphatic heterocycles. The van der Waals surface area contributed by atoms with E-state index in [0.717, 1.165) is 11.0 Å². The fourth-order valence-corrected chi connectivity index (χ4v) is 3.19. The molecule has 0 radical (unpaired) electrons. The Bertz CT molecular complexity index is 1110. The summed E-state index contributed by atoms with van der Waals surface area (Å²) in [5, 5.41) is 3.05. The van der Waals surface area contributed by atoms with Crippen molar-refractivity contribution in [2.75, 3.05) is 17.3 Å². The average molecular weight is 388 g/mol. The van der Waals surface area contributed by atoms with Crippen LogP contribution < -0.4 is 15.0 Å². The predicted octanol–water partition coefficient (Wildman–Crippen LogP) is 4.23. The highest BCUT2D eigenvalue weighted by molar-refractivity contribution is 6.46. The molecule has 3 aromatic carbocycles. The number of ether oxygens (including phenoxy) is 1. The summed E-state index contributed by atoms with van der Waals surface area (Å²) in [7, 11) is 1.56. The van der Waals surface area contributed by atoms with Crippen LogP contribution in [0.25, 0.3) is 5.57 Å². The SMILES string of the molecule is COc1ccc(NC2=C(c3ccccc3)C(=O)N(c3cccc(F)c3)C2=O)cc1. The Morgan fingerprint density at radius 1 is 0.862 bits per heavy atom. The van der Waals surface area contributed by atoms with Gasteiger partial charge in [0.05, 0.1) is 18.4 Å². The minimum Gasteiger partial charge on any atom is -0.497 e. The fraction of sp³-hybridized carbons (Fsp3) is 0.0435. The van der Waals surface area contributed by atoms with Crippen molar-refractivity contribution in [1.82, 2.24) is 0 Å². The van der Waals surface area contributed by atoms with Crippen LogP contribution in [0.2, 0.25) is 0 Å². The number of imide groups is 1. The number of nitrogens with zero attached hydrogens (tertiary/aromatic N) is 1. The number of hydrogen-bond acceptors (Lipinski definition) is 4. The van der Waals surface area contributed by atoms with Crippen molar-refractivity contribution >= 4 is 28.8 Å². The quantitative estimate of drug-likeness (QED) is 0.665. The zero-order valence-corrected chi connectivity index (χ0v) is 15.6. The molecule has 0 fully saturated rings. The lowest BCUT2D eigenvalue weighted by Gasteiger charge is -2.15. The van der Waals surface area contributed by atoms with Gasteiger partial charge in [0.1, 0.15) is 17.3 Å². The van der Waals surface area contributed by atoms with E-state index in [1.54, 1.807) is 55.6 Å². The van der Waals surface area contributed by atoms with Gasteiger partial charge in [-0.3, -0.25) is 9.59 Å². The molecule has 29 heavy (non-hydrogen) atoms. The fourth-order valence-electron chi connectivity index (χ4n) is 3.19. The maximum atomic E-state index is 13.7. The number of anilines is 2. The van der Waals surface area contributed by atoms with Gasteiger partial charge in [0.25, 0.3) is 11.8 Å². The molecule has 4 rings (SSSR count). The summed E-state index contributed by atoms with van der Waals surface area (Å²) in [6, 6.07) is 21.3. The maximum absolute atomic E-state index is 13.7. The van der Waals surface area contributed by atoms with E-state index < -0.39 is 17.6 Å².